The third kappa shape index (κ3) is 5.27. The van der Waals surface area contributed by atoms with E-state index in [1.54, 1.807) is 25.3 Å². The lowest BCUT2D eigenvalue weighted by Gasteiger charge is -2.17. The number of nitro benzene ring substituents is 1. The second-order valence-electron chi connectivity index (χ2n) is 8.35. The van der Waals surface area contributed by atoms with Crippen LogP contribution in [-0.2, 0) is 14.3 Å². The summed E-state index contributed by atoms with van der Waals surface area (Å²) in [6.45, 7) is 3.79. The molecule has 1 fully saturated rings. The smallest absolute Gasteiger partial charge is 0.325 e. The molecule has 1 aromatic heterocycles. The van der Waals surface area contributed by atoms with E-state index < -0.39 is 10.9 Å². The number of aryl methyl sites for hydroxylation is 1. The quantitative estimate of drug-likeness (QED) is 0.141. The predicted molar refractivity (Wildman–Crippen MR) is 145 cm³/mol. The number of nitro groups is 1. The van der Waals surface area contributed by atoms with Crippen molar-refractivity contribution in [3.63, 3.8) is 0 Å². The first kappa shape index (κ1) is 26.1. The average Bonchev–Trinajstić information content (AvgIpc) is 3.27. The van der Waals surface area contributed by atoms with Gasteiger partial charge in [-0.05, 0) is 80.2 Å². The van der Waals surface area contributed by atoms with E-state index in [4.69, 9.17) is 17.0 Å². The molecule has 0 aliphatic carbocycles. The third-order valence-electron chi connectivity index (χ3n) is 5.99. The van der Waals surface area contributed by atoms with Crippen LogP contribution in [0.4, 0.5) is 5.69 Å². The summed E-state index contributed by atoms with van der Waals surface area (Å²) < 4.78 is 6.85. The fourth-order valence-corrected chi connectivity index (χ4v) is 5.12. The summed E-state index contributed by atoms with van der Waals surface area (Å²) in [6, 6.07) is 16.4. The molecule has 1 amide bonds. The summed E-state index contributed by atoms with van der Waals surface area (Å²) >= 11 is 6.88. The number of thiocarbonyl (C=S) groups is 1. The average molecular weight is 537 g/mol. The molecule has 1 aliphatic rings. The lowest BCUT2D eigenvalue weighted by atomic mass is 10.2. The Morgan fingerprint density at radius 2 is 1.70 bits per heavy atom. The molecule has 0 N–H and O–H groups in total. The first-order valence-corrected chi connectivity index (χ1v) is 12.4. The number of nitrogens with zero attached hydrogens (tertiary/aromatic N) is 4. The highest BCUT2D eigenvalue weighted by atomic mass is 32.2. The molecule has 2 heterocycles. The minimum Gasteiger partial charge on any atom is -0.468 e. The highest BCUT2D eigenvalue weighted by molar-refractivity contribution is 7.99. The Bertz CT molecular complexity index is 1430. The molecule has 0 bridgehead atoms. The van der Waals surface area contributed by atoms with Crippen LogP contribution >= 0.6 is 24.0 Å². The highest BCUT2D eigenvalue weighted by Gasteiger charge is 2.37. The number of methoxy groups -OCH3 is 1. The van der Waals surface area contributed by atoms with Crippen LogP contribution in [0.2, 0.25) is 0 Å². The van der Waals surface area contributed by atoms with Crippen LogP contribution in [-0.4, -0.2) is 57.0 Å². The summed E-state index contributed by atoms with van der Waals surface area (Å²) in [5.74, 6) is -0.778. The van der Waals surface area contributed by atoms with Gasteiger partial charge < -0.3 is 14.2 Å². The molecular weight excluding hydrogens is 512 g/mol. The Kier molecular flexibility index (Phi) is 7.46. The van der Waals surface area contributed by atoms with Gasteiger partial charge in [0.05, 0.1) is 12.0 Å². The maximum absolute atomic E-state index is 12.8. The number of rotatable bonds is 7. The minimum absolute atomic E-state index is 0.0604. The summed E-state index contributed by atoms with van der Waals surface area (Å²) in [6.07, 6.45) is 1.75. The summed E-state index contributed by atoms with van der Waals surface area (Å²) in [5, 5.41) is 11.1. The molecule has 0 spiro atoms. The molecule has 0 unspecified atom stereocenters. The van der Waals surface area contributed by atoms with Gasteiger partial charge in [-0.15, -0.1) is 0 Å². The van der Waals surface area contributed by atoms with Gasteiger partial charge in [0.25, 0.3) is 11.6 Å². The SMILES string of the molecule is COC(=O)CN1C(=S)N(C)C(=O)/C1=C/c1cc(C)n(-c2ccc(Sc3ccc([N+](=O)[O-])cc3)cc2)c1C. The fourth-order valence-electron chi connectivity index (χ4n) is 4.06. The molecule has 0 atom stereocenters. The molecule has 4 rings (SSSR count). The van der Waals surface area contributed by atoms with Crippen molar-refractivity contribution in [1.29, 1.82) is 0 Å². The molecule has 3 aromatic rings. The standard InChI is InChI=1S/C26H24N4O5S2/c1-16-13-18(14-23-25(32)27(3)26(36)28(23)15-24(31)35-4)17(2)29(16)19-5-9-21(10-6-19)37-22-11-7-20(8-12-22)30(33)34/h5-14H,15H2,1-4H3/b23-14-. The van der Waals surface area contributed by atoms with E-state index in [2.05, 4.69) is 4.57 Å². The zero-order valence-electron chi connectivity index (χ0n) is 20.6. The number of aromatic nitrogens is 1. The Hall–Kier alpha value is -3.96. The van der Waals surface area contributed by atoms with E-state index in [1.807, 2.05) is 44.2 Å². The van der Waals surface area contributed by atoms with E-state index in [1.165, 1.54) is 40.8 Å². The van der Waals surface area contributed by atoms with Gasteiger partial charge in [-0.25, -0.2) is 0 Å². The lowest BCUT2D eigenvalue weighted by molar-refractivity contribution is -0.384. The largest absolute Gasteiger partial charge is 0.468 e. The number of hydrogen-bond donors (Lipinski definition) is 0. The second kappa shape index (κ2) is 10.6. The number of carbonyl (C=O) groups is 2. The van der Waals surface area contributed by atoms with Gasteiger partial charge in [0.1, 0.15) is 12.2 Å². The Morgan fingerprint density at radius 1 is 1.11 bits per heavy atom. The third-order valence-corrected chi connectivity index (χ3v) is 7.50. The molecule has 1 saturated heterocycles. The van der Waals surface area contributed by atoms with Gasteiger partial charge in [-0.2, -0.15) is 0 Å². The maximum atomic E-state index is 12.8. The number of likely N-dealkylation sites (N-methyl/N-ethyl adjacent to an activating group) is 1. The number of amides is 1. The molecule has 11 heteroatoms. The molecule has 0 radical (unpaired) electrons. The van der Waals surface area contributed by atoms with Gasteiger partial charge in [-0.3, -0.25) is 24.6 Å². The van der Waals surface area contributed by atoms with Crippen molar-refractivity contribution in [3.8, 4) is 5.69 Å². The number of ether oxygens (including phenoxy) is 1. The second-order valence-corrected chi connectivity index (χ2v) is 9.86. The van der Waals surface area contributed by atoms with Crippen LogP contribution < -0.4 is 0 Å². The number of carbonyl (C=O) groups excluding carboxylic acids is 2. The van der Waals surface area contributed by atoms with Crippen molar-refractivity contribution in [1.82, 2.24) is 14.4 Å². The van der Waals surface area contributed by atoms with Crippen molar-refractivity contribution in [3.05, 3.63) is 87.4 Å². The van der Waals surface area contributed by atoms with Gasteiger partial charge in [0, 0.05) is 46.0 Å². The lowest BCUT2D eigenvalue weighted by Crippen LogP contribution is -2.33. The van der Waals surface area contributed by atoms with Crippen LogP contribution in [0.15, 0.2) is 70.1 Å². The van der Waals surface area contributed by atoms with Crippen LogP contribution in [0.5, 0.6) is 0 Å². The van der Waals surface area contributed by atoms with Crippen LogP contribution in [0.25, 0.3) is 11.8 Å². The zero-order valence-corrected chi connectivity index (χ0v) is 22.3. The Morgan fingerprint density at radius 3 is 2.27 bits per heavy atom. The van der Waals surface area contributed by atoms with Crippen LogP contribution in [0.3, 0.4) is 0 Å². The summed E-state index contributed by atoms with van der Waals surface area (Å²) in [4.78, 5) is 39.9. The van der Waals surface area contributed by atoms with E-state index in [-0.39, 0.29) is 23.3 Å². The fraction of sp³-hybridized carbons (Fsp3) is 0.192. The summed E-state index contributed by atoms with van der Waals surface area (Å²) in [7, 11) is 2.87. The number of non-ortho nitro benzene ring substituents is 1. The van der Waals surface area contributed by atoms with Gasteiger partial charge in [0.15, 0.2) is 5.11 Å². The van der Waals surface area contributed by atoms with Crippen LogP contribution in [0.1, 0.15) is 17.0 Å². The van der Waals surface area contributed by atoms with Crippen molar-refractivity contribution >= 4 is 52.7 Å². The highest BCUT2D eigenvalue weighted by Crippen LogP contribution is 2.31. The molecule has 9 nitrogen and oxygen atoms in total. The van der Waals surface area contributed by atoms with Gasteiger partial charge in [-0.1, -0.05) is 11.8 Å². The molecule has 190 valence electrons. The van der Waals surface area contributed by atoms with Gasteiger partial charge in [0.2, 0.25) is 0 Å². The monoisotopic (exact) mass is 536 g/mol. The van der Waals surface area contributed by atoms with E-state index in [0.29, 0.717) is 5.70 Å². The van der Waals surface area contributed by atoms with Crippen molar-refractivity contribution in [2.24, 2.45) is 0 Å². The predicted octanol–water partition coefficient (Wildman–Crippen LogP) is 4.73. The normalized spacial score (nSPS) is 14.5. The minimum atomic E-state index is -0.492. The first-order valence-electron chi connectivity index (χ1n) is 11.2. The van der Waals surface area contributed by atoms with E-state index in [9.17, 15) is 19.7 Å². The number of benzene rings is 2. The first-order chi connectivity index (χ1) is 17.6. The number of esters is 1. The summed E-state index contributed by atoms with van der Waals surface area (Å²) in [5.41, 5.74) is 4.05. The van der Waals surface area contributed by atoms with Crippen molar-refractivity contribution in [2.45, 2.75) is 23.6 Å². The molecule has 2 aromatic carbocycles. The Labute approximate surface area is 223 Å². The van der Waals surface area contributed by atoms with E-state index in [0.717, 1.165) is 32.4 Å². The van der Waals surface area contributed by atoms with E-state index >= 15 is 0 Å². The number of hydrogen-bond acceptors (Lipinski definition) is 7. The molecular formula is C26H24N4O5S2. The zero-order chi connectivity index (χ0) is 26.9. The van der Waals surface area contributed by atoms with Gasteiger partial charge >= 0.3 is 5.97 Å². The topological polar surface area (TPSA) is 97.9 Å². The maximum Gasteiger partial charge on any atom is 0.325 e. The van der Waals surface area contributed by atoms with Crippen LogP contribution in [0, 0.1) is 24.0 Å². The van der Waals surface area contributed by atoms with Crippen molar-refractivity contribution in [2.75, 3.05) is 20.7 Å². The van der Waals surface area contributed by atoms with Crippen molar-refractivity contribution < 1.29 is 19.2 Å². The molecule has 0 saturated carbocycles. The molecule has 1 aliphatic heterocycles. The Balaban J connectivity index is 1.60. The molecule has 37 heavy (non-hydrogen) atoms.